The van der Waals surface area contributed by atoms with Crippen LogP contribution in [0.1, 0.15) is 26.2 Å². The number of hydrogen-bond acceptors (Lipinski definition) is 11. The first-order valence-electron chi connectivity index (χ1n) is 14.2. The van der Waals surface area contributed by atoms with E-state index in [9.17, 15) is 0 Å². The van der Waals surface area contributed by atoms with Crippen LogP contribution in [-0.4, -0.2) is 117 Å². The first kappa shape index (κ1) is 24.3. The summed E-state index contributed by atoms with van der Waals surface area (Å²) in [6.07, 6.45) is 12.4. The summed E-state index contributed by atoms with van der Waals surface area (Å²) >= 11 is 0. The lowest BCUT2D eigenvalue weighted by molar-refractivity contribution is -0.102. The second-order valence-electron chi connectivity index (χ2n) is 11.1. The van der Waals surface area contributed by atoms with Crippen molar-refractivity contribution < 1.29 is 14.2 Å². The molecule has 0 aromatic carbocycles. The van der Waals surface area contributed by atoms with Crippen molar-refractivity contribution in [2.24, 2.45) is 0 Å². The average molecular weight is 515 g/mol. The molecule has 11 heteroatoms. The molecule has 0 saturated carbocycles. The number of piperidine rings is 1. The van der Waals surface area contributed by atoms with Crippen LogP contribution in [0.5, 0.6) is 0 Å². The van der Waals surface area contributed by atoms with Crippen LogP contribution >= 0.6 is 0 Å². The molecule has 0 aromatic heterocycles. The van der Waals surface area contributed by atoms with Crippen LogP contribution in [0.3, 0.4) is 0 Å². The molecular weight excluding hydrogens is 472 g/mol. The van der Waals surface area contributed by atoms with Crippen molar-refractivity contribution in [2.75, 3.05) is 52.6 Å². The van der Waals surface area contributed by atoms with E-state index in [2.05, 4.69) is 72.5 Å². The van der Waals surface area contributed by atoms with E-state index in [-0.39, 0.29) is 31.1 Å². The molecule has 5 N–H and O–H groups in total. The van der Waals surface area contributed by atoms with Gasteiger partial charge < -0.3 is 30.2 Å². The predicted molar refractivity (Wildman–Crippen MR) is 139 cm³/mol. The molecule has 11 nitrogen and oxygen atoms in total. The number of ether oxygens (including phenoxy) is 3. The van der Waals surface area contributed by atoms with Crippen LogP contribution in [-0.2, 0) is 14.2 Å². The molecule has 6 unspecified atom stereocenters. The molecule has 4 fully saturated rings. The Labute approximate surface area is 219 Å². The minimum atomic E-state index is -0.228. The number of hydrogen-bond donors (Lipinski definition) is 5. The first-order valence-corrected chi connectivity index (χ1v) is 14.2. The summed E-state index contributed by atoms with van der Waals surface area (Å²) in [4.78, 5) is 7.60. The first-order chi connectivity index (χ1) is 18.3. The average Bonchev–Trinajstić information content (AvgIpc) is 3.49. The van der Waals surface area contributed by atoms with Crippen molar-refractivity contribution >= 4 is 0 Å². The zero-order valence-corrected chi connectivity index (χ0v) is 21.8. The maximum absolute atomic E-state index is 6.57. The van der Waals surface area contributed by atoms with E-state index in [1.807, 2.05) is 0 Å². The molecule has 0 amide bonds. The summed E-state index contributed by atoms with van der Waals surface area (Å²) in [6, 6.07) is 1.25. The van der Waals surface area contributed by atoms with Gasteiger partial charge in [-0.3, -0.25) is 20.4 Å². The minimum absolute atomic E-state index is 0.0174. The Hall–Kier alpha value is -1.70. The number of morpholine rings is 1. The summed E-state index contributed by atoms with van der Waals surface area (Å²) in [7, 11) is 0. The molecule has 7 aliphatic rings. The molecule has 37 heavy (non-hydrogen) atoms. The number of rotatable bonds is 6. The van der Waals surface area contributed by atoms with Crippen LogP contribution in [0.2, 0.25) is 0 Å². The molecular formula is C26H42N8O3. The number of allylic oxidation sites excluding steroid dienone is 2. The molecule has 0 radical (unpaired) electrons. The Morgan fingerprint density at radius 2 is 1.73 bits per heavy atom. The highest BCUT2D eigenvalue weighted by Crippen LogP contribution is 2.29. The number of nitrogens with zero attached hydrogens (tertiary/aromatic N) is 3. The summed E-state index contributed by atoms with van der Waals surface area (Å²) in [5, 5.41) is 18.9. The van der Waals surface area contributed by atoms with Gasteiger partial charge in [0.25, 0.3) is 0 Å². The lowest BCUT2D eigenvalue weighted by Gasteiger charge is -2.45. The van der Waals surface area contributed by atoms with E-state index in [0.29, 0.717) is 18.1 Å². The summed E-state index contributed by atoms with van der Waals surface area (Å²) in [5.41, 5.74) is 1.14. The molecule has 6 atom stereocenters. The van der Waals surface area contributed by atoms with Gasteiger partial charge >= 0.3 is 0 Å². The molecule has 1 aliphatic carbocycles. The van der Waals surface area contributed by atoms with E-state index in [0.717, 1.165) is 83.4 Å². The van der Waals surface area contributed by atoms with Gasteiger partial charge in [0.05, 0.1) is 56.5 Å². The minimum Gasteiger partial charge on any atom is -0.379 e. The Balaban J connectivity index is 1.05. The molecule has 0 spiro atoms. The van der Waals surface area contributed by atoms with E-state index in [4.69, 9.17) is 14.2 Å². The third kappa shape index (κ3) is 4.70. The van der Waals surface area contributed by atoms with Crippen molar-refractivity contribution in [3.8, 4) is 0 Å². The molecule has 0 aromatic rings. The Bertz CT molecular complexity index is 911. The highest BCUT2D eigenvalue weighted by Gasteiger charge is 2.47. The highest BCUT2D eigenvalue weighted by molar-refractivity contribution is 5.28. The Morgan fingerprint density at radius 3 is 2.49 bits per heavy atom. The van der Waals surface area contributed by atoms with E-state index >= 15 is 0 Å². The fraction of sp³-hybridized carbons (Fsp3) is 0.769. The van der Waals surface area contributed by atoms with Gasteiger partial charge in [0.2, 0.25) is 6.35 Å². The van der Waals surface area contributed by atoms with E-state index in [1.165, 1.54) is 0 Å². The fourth-order valence-electron chi connectivity index (χ4n) is 6.79. The van der Waals surface area contributed by atoms with Gasteiger partial charge in [0.1, 0.15) is 18.3 Å². The molecule has 6 aliphatic heterocycles. The van der Waals surface area contributed by atoms with Crippen molar-refractivity contribution in [3.05, 3.63) is 35.8 Å². The van der Waals surface area contributed by atoms with Crippen molar-refractivity contribution in [2.45, 2.75) is 75.4 Å². The van der Waals surface area contributed by atoms with Gasteiger partial charge in [-0.2, -0.15) is 0 Å². The zero-order valence-electron chi connectivity index (χ0n) is 21.8. The van der Waals surface area contributed by atoms with Gasteiger partial charge in [-0.25, -0.2) is 4.90 Å². The monoisotopic (exact) mass is 514 g/mol. The van der Waals surface area contributed by atoms with Crippen molar-refractivity contribution in [1.82, 2.24) is 41.3 Å². The van der Waals surface area contributed by atoms with E-state index in [1.54, 1.807) is 0 Å². The standard InChI is InChI=1S/C26H42N8O3/c1-2-21-27-19-5-3-4-6-20(19)34(21)25-29-23-22(24(31-25)33-11-13-35-14-12-33)28-26(30-23)37-18-7-9-32(10-8-18)17-15-36-16-17/h3-6,17-21,24-31H,2,7-16H2,1H3. The van der Waals surface area contributed by atoms with Crippen molar-refractivity contribution in [3.63, 3.8) is 0 Å². The van der Waals surface area contributed by atoms with Crippen LogP contribution in [0.25, 0.3) is 0 Å². The van der Waals surface area contributed by atoms with Gasteiger partial charge in [0.15, 0.2) is 0 Å². The second kappa shape index (κ2) is 10.5. The Morgan fingerprint density at radius 1 is 0.919 bits per heavy atom. The lowest BCUT2D eigenvalue weighted by atomic mass is 10.0. The van der Waals surface area contributed by atoms with Crippen LogP contribution in [0.4, 0.5) is 0 Å². The van der Waals surface area contributed by atoms with Gasteiger partial charge in [-0.15, -0.1) is 0 Å². The fourth-order valence-corrected chi connectivity index (χ4v) is 6.79. The highest BCUT2D eigenvalue weighted by atomic mass is 16.5. The third-order valence-corrected chi connectivity index (χ3v) is 8.93. The maximum atomic E-state index is 6.57. The molecule has 4 saturated heterocycles. The zero-order chi connectivity index (χ0) is 24.8. The predicted octanol–water partition coefficient (Wildman–Crippen LogP) is -0.849. The second-order valence-corrected chi connectivity index (χ2v) is 11.1. The maximum Gasteiger partial charge on any atom is 0.206 e. The largest absolute Gasteiger partial charge is 0.379 e. The smallest absolute Gasteiger partial charge is 0.206 e. The summed E-state index contributed by atoms with van der Waals surface area (Å²) in [5.74, 6) is 1.04. The van der Waals surface area contributed by atoms with Crippen molar-refractivity contribution in [1.29, 1.82) is 0 Å². The third-order valence-electron chi connectivity index (χ3n) is 8.93. The van der Waals surface area contributed by atoms with Gasteiger partial charge in [-0.05, 0) is 19.3 Å². The van der Waals surface area contributed by atoms with E-state index < -0.39 is 0 Å². The Kier molecular flexibility index (Phi) is 6.88. The normalized spacial score (nSPS) is 39.6. The van der Waals surface area contributed by atoms with Crippen LogP contribution in [0, 0.1) is 0 Å². The number of nitrogens with one attached hydrogen (secondary N) is 5. The summed E-state index contributed by atoms with van der Waals surface area (Å²) in [6.45, 7) is 9.53. The number of fused-ring (bicyclic) bond motifs is 1. The molecule has 6 heterocycles. The van der Waals surface area contributed by atoms with Gasteiger partial charge in [0, 0.05) is 32.2 Å². The lowest BCUT2D eigenvalue weighted by Crippen LogP contribution is -2.68. The van der Waals surface area contributed by atoms with Crippen LogP contribution in [0.15, 0.2) is 35.8 Å². The van der Waals surface area contributed by atoms with Gasteiger partial charge in [-0.1, -0.05) is 31.2 Å². The topological polar surface area (TPSA) is 97.6 Å². The molecule has 0 bridgehead atoms. The number of likely N-dealkylation sites (tertiary alicyclic amines) is 1. The van der Waals surface area contributed by atoms with Crippen LogP contribution < -0.4 is 26.6 Å². The summed E-state index contributed by atoms with van der Waals surface area (Å²) < 4.78 is 17.6. The quantitative estimate of drug-likeness (QED) is 0.307. The SMILES string of the molecule is CCC1NC2C=CC=CC2N1C1NC2=C(NC(OC3CCN(C4COC4)CC3)N2)C(N2CCOCC2)N1. The molecule has 204 valence electrons. The molecule has 7 rings (SSSR count).